The lowest BCUT2D eigenvalue weighted by atomic mass is 9.99. The molecule has 4 heteroatoms. The van der Waals surface area contributed by atoms with Gasteiger partial charge in [0.25, 0.3) is 5.91 Å². The first-order chi connectivity index (χ1) is 9.95. The number of rotatable bonds is 5. The second kappa shape index (κ2) is 6.66. The number of amides is 2. The van der Waals surface area contributed by atoms with Crippen molar-refractivity contribution >= 4 is 17.9 Å². The van der Waals surface area contributed by atoms with Gasteiger partial charge in [0.2, 0.25) is 5.91 Å². The fraction of sp³-hybridized carbons (Fsp3) is 0.471. The fourth-order valence-electron chi connectivity index (χ4n) is 2.40. The first kappa shape index (κ1) is 15.4. The molecule has 1 aromatic rings. The lowest BCUT2D eigenvalue weighted by Crippen LogP contribution is -2.35. The molecule has 1 unspecified atom stereocenters. The third-order valence-electron chi connectivity index (χ3n) is 3.49. The van der Waals surface area contributed by atoms with Crippen molar-refractivity contribution in [3.8, 4) is 0 Å². The van der Waals surface area contributed by atoms with Crippen LogP contribution in [0.25, 0.3) is 6.08 Å². The van der Waals surface area contributed by atoms with Crippen LogP contribution in [0.5, 0.6) is 0 Å². The van der Waals surface area contributed by atoms with Gasteiger partial charge in [-0.05, 0) is 36.1 Å². The van der Waals surface area contributed by atoms with Crippen LogP contribution in [0, 0.1) is 18.8 Å². The van der Waals surface area contributed by atoms with Gasteiger partial charge in [-0.1, -0.05) is 32.1 Å². The molecule has 0 spiro atoms. The van der Waals surface area contributed by atoms with Crippen LogP contribution in [0.2, 0.25) is 0 Å². The van der Waals surface area contributed by atoms with E-state index < -0.39 is 0 Å². The van der Waals surface area contributed by atoms with Crippen LogP contribution >= 0.6 is 0 Å². The molecule has 0 bridgehead atoms. The summed E-state index contributed by atoms with van der Waals surface area (Å²) in [6, 6.07) is 5.93. The molecule has 112 valence electrons. The Balaban J connectivity index is 1.98. The van der Waals surface area contributed by atoms with Crippen molar-refractivity contribution in [2.45, 2.75) is 33.6 Å². The van der Waals surface area contributed by atoms with E-state index in [2.05, 4.69) is 10.3 Å². The van der Waals surface area contributed by atoms with Gasteiger partial charge in [-0.3, -0.25) is 9.59 Å². The van der Waals surface area contributed by atoms with E-state index in [1.165, 1.54) is 0 Å². The van der Waals surface area contributed by atoms with Crippen molar-refractivity contribution in [2.75, 3.05) is 6.54 Å². The van der Waals surface area contributed by atoms with Crippen LogP contribution in [0.15, 0.2) is 23.2 Å². The molecule has 4 nitrogen and oxygen atoms in total. The summed E-state index contributed by atoms with van der Waals surface area (Å²) >= 11 is 0. The summed E-state index contributed by atoms with van der Waals surface area (Å²) in [5, 5.41) is 4.61. The van der Waals surface area contributed by atoms with Crippen molar-refractivity contribution < 1.29 is 9.59 Å². The lowest BCUT2D eigenvalue weighted by molar-refractivity contribution is -0.123. The van der Waals surface area contributed by atoms with Crippen molar-refractivity contribution in [1.29, 1.82) is 0 Å². The molecule has 2 rings (SSSR count). The molecular formula is C17H22N2O2. The average molecular weight is 286 g/mol. The molecule has 0 fully saturated rings. The molecule has 1 aromatic carbocycles. The predicted octanol–water partition coefficient (Wildman–Crippen LogP) is 1.10. The van der Waals surface area contributed by atoms with E-state index in [1.54, 1.807) is 0 Å². The van der Waals surface area contributed by atoms with E-state index in [9.17, 15) is 9.59 Å². The summed E-state index contributed by atoms with van der Waals surface area (Å²) in [7, 11) is 0. The summed E-state index contributed by atoms with van der Waals surface area (Å²) in [6.07, 6.45) is 3.08. The highest BCUT2D eigenvalue weighted by atomic mass is 16.2. The quantitative estimate of drug-likeness (QED) is 0.881. The molecule has 0 saturated carbocycles. The van der Waals surface area contributed by atoms with Gasteiger partial charge in [0, 0.05) is 13.0 Å². The Morgan fingerprint density at radius 1 is 1.38 bits per heavy atom. The number of benzene rings is 1. The smallest absolute Gasteiger partial charge is 0.253 e. The third kappa shape index (κ3) is 4.25. The van der Waals surface area contributed by atoms with E-state index in [0.29, 0.717) is 25.3 Å². The largest absolute Gasteiger partial charge is 0.356 e. The summed E-state index contributed by atoms with van der Waals surface area (Å²) in [4.78, 5) is 27.7. The number of aryl methyl sites for hydroxylation is 1. The normalized spacial score (nSPS) is 17.0. The average Bonchev–Trinajstić information content (AvgIpc) is 2.38. The number of nitrogens with zero attached hydrogens (tertiary/aromatic N) is 1. The molecule has 1 N–H and O–H groups in total. The number of carbonyl (C=O) groups is 2. The minimum atomic E-state index is -0.237. The molecule has 0 aromatic heterocycles. The second-order valence-corrected chi connectivity index (χ2v) is 6.02. The molecule has 1 atom stereocenters. The van der Waals surface area contributed by atoms with E-state index in [1.807, 2.05) is 45.0 Å². The van der Waals surface area contributed by atoms with Gasteiger partial charge >= 0.3 is 0 Å². The maximum absolute atomic E-state index is 12.0. The van der Waals surface area contributed by atoms with Crippen LogP contribution in [0.3, 0.4) is 0 Å². The molecule has 2 amide bonds. The van der Waals surface area contributed by atoms with Crippen LogP contribution in [0.1, 0.15) is 32.3 Å². The predicted molar refractivity (Wildman–Crippen MR) is 82.0 cm³/mol. The highest BCUT2D eigenvalue weighted by molar-refractivity contribution is 5.86. The van der Waals surface area contributed by atoms with Crippen LogP contribution in [-0.4, -0.2) is 18.4 Å². The van der Waals surface area contributed by atoms with Crippen LogP contribution < -0.4 is 15.9 Å². The van der Waals surface area contributed by atoms with E-state index in [0.717, 1.165) is 16.1 Å². The Labute approximate surface area is 125 Å². The number of hydrogen-bond acceptors (Lipinski definition) is 2. The van der Waals surface area contributed by atoms with Crippen LogP contribution in [-0.2, 0) is 9.59 Å². The van der Waals surface area contributed by atoms with Gasteiger partial charge in [0.1, 0.15) is 0 Å². The van der Waals surface area contributed by atoms with E-state index >= 15 is 0 Å². The van der Waals surface area contributed by atoms with Crippen molar-refractivity contribution in [1.82, 2.24) is 5.32 Å². The number of carbonyl (C=O) groups excluding carboxylic acids is 2. The SMILES string of the molecule is Cc1ccc2c(c1)=NC(=O)C(CCNC(=O)CC(C)C)C=2. The first-order valence-corrected chi connectivity index (χ1v) is 7.43. The Morgan fingerprint density at radius 3 is 2.86 bits per heavy atom. The van der Waals surface area contributed by atoms with Gasteiger partial charge in [-0.15, -0.1) is 0 Å². The molecular weight excluding hydrogens is 264 g/mol. The Hall–Kier alpha value is -1.97. The van der Waals surface area contributed by atoms with Gasteiger partial charge in [-0.2, -0.15) is 0 Å². The Bertz CT molecular complexity index is 662. The van der Waals surface area contributed by atoms with Gasteiger partial charge in [0.15, 0.2) is 0 Å². The highest BCUT2D eigenvalue weighted by Gasteiger charge is 2.18. The van der Waals surface area contributed by atoms with Crippen molar-refractivity contribution in [3.05, 3.63) is 34.3 Å². The van der Waals surface area contributed by atoms with E-state index in [-0.39, 0.29) is 17.7 Å². The zero-order valence-corrected chi connectivity index (χ0v) is 12.8. The minimum absolute atomic E-state index is 0.0428. The zero-order valence-electron chi connectivity index (χ0n) is 12.8. The molecule has 1 aliphatic heterocycles. The minimum Gasteiger partial charge on any atom is -0.356 e. The monoisotopic (exact) mass is 286 g/mol. The maximum Gasteiger partial charge on any atom is 0.253 e. The zero-order chi connectivity index (χ0) is 15.4. The molecule has 0 aliphatic carbocycles. The number of hydrogen-bond donors (Lipinski definition) is 1. The topological polar surface area (TPSA) is 58.5 Å². The van der Waals surface area contributed by atoms with Gasteiger partial charge in [-0.25, -0.2) is 4.99 Å². The summed E-state index contributed by atoms with van der Waals surface area (Å²) in [5.41, 5.74) is 1.10. The highest BCUT2D eigenvalue weighted by Crippen LogP contribution is 2.09. The summed E-state index contributed by atoms with van der Waals surface area (Å²) in [5.74, 6) is 0.0324. The lowest BCUT2D eigenvalue weighted by Gasteiger charge is -2.13. The molecule has 21 heavy (non-hydrogen) atoms. The number of fused-ring (bicyclic) bond motifs is 1. The standard InChI is InChI=1S/C17H22N2O2/c1-11(2)8-16(20)18-7-6-14-10-13-5-4-12(3)9-15(13)19-17(14)21/h4-5,9-11,14H,6-8H2,1-3H3,(H,18,20). The van der Waals surface area contributed by atoms with Crippen molar-refractivity contribution in [2.24, 2.45) is 16.8 Å². The Morgan fingerprint density at radius 2 is 2.14 bits per heavy atom. The maximum atomic E-state index is 12.0. The van der Waals surface area contributed by atoms with Crippen molar-refractivity contribution in [3.63, 3.8) is 0 Å². The molecule has 1 aliphatic rings. The molecule has 1 heterocycles. The number of nitrogens with one attached hydrogen (secondary N) is 1. The third-order valence-corrected chi connectivity index (χ3v) is 3.49. The van der Waals surface area contributed by atoms with Gasteiger partial charge < -0.3 is 5.32 Å². The summed E-state index contributed by atoms with van der Waals surface area (Å²) < 4.78 is 0. The summed E-state index contributed by atoms with van der Waals surface area (Å²) in [6.45, 7) is 6.51. The molecule has 0 saturated heterocycles. The van der Waals surface area contributed by atoms with E-state index in [4.69, 9.17) is 0 Å². The first-order valence-electron chi connectivity index (χ1n) is 7.43. The second-order valence-electron chi connectivity index (χ2n) is 6.02. The van der Waals surface area contributed by atoms with Gasteiger partial charge in [0.05, 0.1) is 11.3 Å². The molecule has 0 radical (unpaired) electrons. The fourth-order valence-corrected chi connectivity index (χ4v) is 2.40. The Kier molecular flexibility index (Phi) is 4.89. The van der Waals surface area contributed by atoms with Crippen LogP contribution in [0.4, 0.5) is 0 Å².